The number of carboxylic acid groups (broad SMARTS) is 1. The predicted octanol–water partition coefficient (Wildman–Crippen LogP) is 4.70. The largest absolute Gasteiger partial charge is 0.508 e. The zero-order valence-corrected chi connectivity index (χ0v) is 19.9. The quantitative estimate of drug-likeness (QED) is 0.348. The van der Waals surface area contributed by atoms with Crippen LogP contribution in [0, 0.1) is 11.8 Å². The second kappa shape index (κ2) is 14.2. The molecule has 0 aliphatic carbocycles. The van der Waals surface area contributed by atoms with Crippen LogP contribution in [0.1, 0.15) is 41.8 Å². The monoisotopic (exact) mass is 477 g/mol. The smallest absolute Gasteiger partial charge is 0.339 e. The summed E-state index contributed by atoms with van der Waals surface area (Å²) < 4.78 is 5.72. The lowest BCUT2D eigenvalue weighted by atomic mass is 10.1. The van der Waals surface area contributed by atoms with Crippen LogP contribution in [0.4, 0.5) is 0 Å². The van der Waals surface area contributed by atoms with Gasteiger partial charge in [0.1, 0.15) is 35.2 Å². The molecular weight excluding hydrogens is 446 g/mol. The molecule has 35 heavy (non-hydrogen) atoms. The summed E-state index contributed by atoms with van der Waals surface area (Å²) in [6.45, 7) is 7.46. The fourth-order valence-electron chi connectivity index (χ4n) is 3.18. The van der Waals surface area contributed by atoms with Crippen LogP contribution in [0.2, 0.25) is 0 Å². The minimum atomic E-state index is -1.01. The number of benzene rings is 3. The van der Waals surface area contributed by atoms with E-state index < -0.39 is 5.97 Å². The van der Waals surface area contributed by atoms with Gasteiger partial charge in [0.25, 0.3) is 0 Å². The van der Waals surface area contributed by atoms with Gasteiger partial charge in [-0.05, 0) is 49.8 Å². The Hall–Kier alpha value is -4.15. The topological polar surface area (TPSA) is 110 Å². The maximum absolute atomic E-state index is 11.6. The number of carboxylic acids is 1. The Balaban J connectivity index is 0.000000402. The summed E-state index contributed by atoms with van der Waals surface area (Å²) in [5.41, 5.74) is 1.68. The van der Waals surface area contributed by atoms with Gasteiger partial charge >= 0.3 is 5.97 Å². The van der Waals surface area contributed by atoms with Gasteiger partial charge in [0.2, 0.25) is 0 Å². The Morgan fingerprint density at radius 2 is 1.43 bits per heavy atom. The van der Waals surface area contributed by atoms with Crippen molar-refractivity contribution in [1.29, 1.82) is 0 Å². The summed E-state index contributed by atoms with van der Waals surface area (Å²) in [4.78, 5) is 13.8. The van der Waals surface area contributed by atoms with Crippen molar-refractivity contribution in [3.8, 4) is 34.8 Å². The number of hydrogen-bond acceptors (Lipinski definition) is 6. The molecule has 3 aromatic rings. The van der Waals surface area contributed by atoms with Crippen LogP contribution in [0.3, 0.4) is 0 Å². The molecule has 0 saturated heterocycles. The molecule has 184 valence electrons. The van der Waals surface area contributed by atoms with Gasteiger partial charge in [-0.3, -0.25) is 0 Å². The normalized spacial score (nSPS) is 10.0. The predicted molar refractivity (Wildman–Crippen MR) is 135 cm³/mol. The summed E-state index contributed by atoms with van der Waals surface area (Å²) in [6.07, 6.45) is 1.09. The maximum atomic E-state index is 11.6. The van der Waals surface area contributed by atoms with Gasteiger partial charge in [-0.1, -0.05) is 43.9 Å². The first-order valence-electron chi connectivity index (χ1n) is 11.3. The van der Waals surface area contributed by atoms with Crippen molar-refractivity contribution in [2.24, 2.45) is 0 Å². The lowest BCUT2D eigenvalue weighted by Crippen LogP contribution is -2.29. The number of rotatable bonds is 8. The number of aromatic carboxylic acids is 1. The van der Waals surface area contributed by atoms with Crippen LogP contribution in [0.25, 0.3) is 0 Å². The highest BCUT2D eigenvalue weighted by Crippen LogP contribution is 2.24. The van der Waals surface area contributed by atoms with E-state index in [1.807, 2.05) is 30.3 Å². The molecule has 0 aliphatic heterocycles. The number of carbonyl (C=O) groups is 1. The Morgan fingerprint density at radius 3 is 1.97 bits per heavy atom. The molecule has 0 unspecified atom stereocenters. The fourth-order valence-corrected chi connectivity index (χ4v) is 3.18. The maximum Gasteiger partial charge on any atom is 0.339 e. The van der Waals surface area contributed by atoms with Crippen molar-refractivity contribution in [3.63, 3.8) is 0 Å². The molecule has 0 atom stereocenters. The fraction of sp³-hybridized carbons (Fsp3) is 0.250. The number of hydrogen-bond donors (Lipinski definition) is 4. The highest BCUT2D eigenvalue weighted by Gasteiger charge is 2.12. The van der Waals surface area contributed by atoms with Crippen LogP contribution in [0.5, 0.6) is 23.0 Å². The molecule has 0 heterocycles. The van der Waals surface area contributed by atoms with E-state index in [0.29, 0.717) is 17.9 Å². The number of likely N-dealkylation sites (N-methyl/N-ethyl adjacent to an activating group) is 1. The first kappa shape index (κ1) is 27.1. The average Bonchev–Trinajstić information content (AvgIpc) is 2.82. The molecule has 0 spiro atoms. The van der Waals surface area contributed by atoms with Crippen molar-refractivity contribution in [1.82, 2.24) is 4.90 Å². The Bertz CT molecular complexity index is 1100. The van der Waals surface area contributed by atoms with Gasteiger partial charge in [-0.2, -0.15) is 0 Å². The Kier molecular flexibility index (Phi) is 11.0. The lowest BCUT2D eigenvalue weighted by molar-refractivity contribution is 0.0691. The molecule has 7 nitrogen and oxygen atoms in total. The summed E-state index contributed by atoms with van der Waals surface area (Å²) in [7, 11) is 0. The Morgan fingerprint density at radius 1 is 0.829 bits per heavy atom. The number of phenolic OH excluding ortho intramolecular Hbond substituents is 3. The molecule has 0 radical (unpaired) electrons. The molecule has 7 heteroatoms. The third-order valence-corrected chi connectivity index (χ3v) is 4.87. The van der Waals surface area contributed by atoms with Gasteiger partial charge in [-0.15, -0.1) is 0 Å². The summed E-state index contributed by atoms with van der Waals surface area (Å²) in [5, 5.41) is 35.5. The molecule has 0 amide bonds. The van der Waals surface area contributed by atoms with Crippen molar-refractivity contribution in [2.75, 3.05) is 26.2 Å². The zero-order chi connectivity index (χ0) is 25.6. The van der Waals surface area contributed by atoms with Gasteiger partial charge < -0.3 is 30.1 Å². The standard InChI is InChI=1S/C22H25NO3.C6H6O3/c1-3-14-23(4-2)15-16-26-21-13-12-19(17-20(21)22(24)25)11-10-18-8-6-5-7-9-18;7-4-1-5(8)3-6(9)2-4/h5-9,12-13,17H,3-4,14-16H2,1-2H3,(H,24,25);1-3,7-9H. The highest BCUT2D eigenvalue weighted by atomic mass is 16.5. The van der Waals surface area contributed by atoms with E-state index in [1.165, 1.54) is 0 Å². The summed E-state index contributed by atoms with van der Waals surface area (Å²) in [5.74, 6) is 4.98. The van der Waals surface area contributed by atoms with E-state index in [4.69, 9.17) is 20.1 Å². The summed E-state index contributed by atoms with van der Waals surface area (Å²) >= 11 is 0. The molecule has 4 N–H and O–H groups in total. The van der Waals surface area contributed by atoms with Gasteiger partial charge in [0.05, 0.1) is 0 Å². The number of aromatic hydroxyl groups is 3. The average molecular weight is 478 g/mol. The third kappa shape index (κ3) is 9.70. The molecule has 0 bridgehead atoms. The highest BCUT2D eigenvalue weighted by molar-refractivity contribution is 5.91. The van der Waals surface area contributed by atoms with Crippen molar-refractivity contribution < 1.29 is 30.0 Å². The van der Waals surface area contributed by atoms with E-state index in [-0.39, 0.29) is 22.8 Å². The van der Waals surface area contributed by atoms with E-state index in [9.17, 15) is 9.90 Å². The lowest BCUT2D eigenvalue weighted by Gasteiger charge is -2.19. The zero-order valence-electron chi connectivity index (χ0n) is 19.9. The van der Waals surface area contributed by atoms with Crippen LogP contribution in [-0.2, 0) is 0 Å². The molecule has 0 fully saturated rings. The minimum Gasteiger partial charge on any atom is -0.508 e. The number of phenols is 3. The molecular formula is C28H31NO6. The van der Waals surface area contributed by atoms with Gasteiger partial charge in [0, 0.05) is 35.9 Å². The van der Waals surface area contributed by atoms with Gasteiger partial charge in [-0.25, -0.2) is 4.79 Å². The van der Waals surface area contributed by atoms with Crippen LogP contribution >= 0.6 is 0 Å². The number of ether oxygens (including phenoxy) is 1. The number of nitrogens with zero attached hydrogens (tertiary/aromatic N) is 1. The van der Waals surface area contributed by atoms with Crippen LogP contribution in [0.15, 0.2) is 66.7 Å². The molecule has 3 aromatic carbocycles. The van der Waals surface area contributed by atoms with E-state index >= 15 is 0 Å². The van der Waals surface area contributed by atoms with E-state index in [0.717, 1.165) is 49.8 Å². The summed E-state index contributed by atoms with van der Waals surface area (Å²) in [6, 6.07) is 18.1. The third-order valence-electron chi connectivity index (χ3n) is 4.87. The molecule has 3 rings (SSSR count). The molecule has 0 aromatic heterocycles. The van der Waals surface area contributed by atoms with Crippen LogP contribution in [-0.4, -0.2) is 57.5 Å². The van der Waals surface area contributed by atoms with E-state index in [2.05, 4.69) is 30.6 Å². The van der Waals surface area contributed by atoms with Gasteiger partial charge in [0.15, 0.2) is 0 Å². The van der Waals surface area contributed by atoms with Crippen molar-refractivity contribution in [3.05, 3.63) is 83.4 Å². The minimum absolute atomic E-state index is 0.142. The van der Waals surface area contributed by atoms with Crippen molar-refractivity contribution >= 4 is 5.97 Å². The molecule has 0 aliphatic rings. The second-order valence-corrected chi connectivity index (χ2v) is 7.62. The van der Waals surface area contributed by atoms with Crippen LogP contribution < -0.4 is 4.74 Å². The van der Waals surface area contributed by atoms with E-state index in [1.54, 1.807) is 18.2 Å². The molecule has 0 saturated carbocycles. The first-order chi connectivity index (χ1) is 16.8. The SMILES string of the molecule is CCCN(CC)CCOc1ccc(C#Cc2ccccc2)cc1C(=O)O.Oc1cc(O)cc(O)c1. The first-order valence-corrected chi connectivity index (χ1v) is 11.3. The van der Waals surface area contributed by atoms with Crippen molar-refractivity contribution in [2.45, 2.75) is 20.3 Å². The second-order valence-electron chi connectivity index (χ2n) is 7.62. The Labute approximate surface area is 205 Å².